The summed E-state index contributed by atoms with van der Waals surface area (Å²) >= 11 is 0. The predicted molar refractivity (Wildman–Crippen MR) is 21.3 cm³/mol. The third-order valence-electron chi connectivity index (χ3n) is 0.390. The molecule has 1 radical (unpaired) electrons. The van der Waals surface area contributed by atoms with Crippen molar-refractivity contribution in [3.63, 3.8) is 0 Å². The van der Waals surface area contributed by atoms with E-state index < -0.39 is 12.0 Å². The van der Waals surface area contributed by atoms with Gasteiger partial charge in [-0.3, -0.25) is 4.79 Å². The van der Waals surface area contributed by atoms with Crippen LogP contribution >= 0.6 is 0 Å². The van der Waals surface area contributed by atoms with Gasteiger partial charge in [0.05, 0.1) is 0 Å². The molecule has 0 aliphatic rings. The molecule has 0 fully saturated rings. The number of aliphatic carboxylic acids is 1. The second-order valence-electron chi connectivity index (χ2n) is 1.13. The van der Waals surface area contributed by atoms with Gasteiger partial charge in [-0.25, -0.2) is 0 Å². The van der Waals surface area contributed by atoms with Crippen molar-refractivity contribution in [2.75, 3.05) is 0 Å². The summed E-state index contributed by atoms with van der Waals surface area (Å²) in [4.78, 5) is 9.57. The second kappa shape index (κ2) is 4.78. The van der Waals surface area contributed by atoms with Crippen molar-refractivity contribution >= 4 is 5.97 Å². The molecule has 0 unspecified atom stereocenters. The number of carboxylic acids is 1. The van der Waals surface area contributed by atoms with E-state index in [0.29, 0.717) is 0 Å². The van der Waals surface area contributed by atoms with E-state index in [4.69, 9.17) is 10.8 Å². The Morgan fingerprint density at radius 1 is 1.86 bits per heavy atom. The van der Waals surface area contributed by atoms with Gasteiger partial charge >= 0.3 is 5.97 Å². The summed E-state index contributed by atoms with van der Waals surface area (Å²) in [7, 11) is 0. The Morgan fingerprint density at radius 2 is 2.00 bits per heavy atom. The minimum absolute atomic E-state index is 0. The average molecular weight is 228 g/mol. The van der Waals surface area contributed by atoms with Gasteiger partial charge in [-0.2, -0.15) is 0 Å². The molecule has 7 heavy (non-hydrogen) atoms. The van der Waals surface area contributed by atoms with Crippen molar-refractivity contribution in [1.82, 2.24) is 0 Å². The Hall–Kier alpha value is 0.625. The summed E-state index contributed by atoms with van der Waals surface area (Å²) in [5.41, 5.74) is 4.84. The molecular weight excluding hydrogens is 221 g/mol. The van der Waals surface area contributed by atoms with Gasteiger partial charge in [0.2, 0.25) is 0 Å². The average Bonchev–Trinajstić information content (AvgIpc) is 1.36. The van der Waals surface area contributed by atoms with Crippen molar-refractivity contribution in [2.45, 2.75) is 13.0 Å². The number of carbonyl (C=O) groups is 1. The Labute approximate surface area is 69.9 Å². The molecule has 0 rings (SSSR count). The van der Waals surface area contributed by atoms with E-state index in [9.17, 15) is 4.79 Å². The van der Waals surface area contributed by atoms with Crippen LogP contribution in [0.1, 0.15) is 6.92 Å². The molecule has 4 heteroatoms. The minimum Gasteiger partial charge on any atom is -0.480 e. The maximum atomic E-state index is 9.57. The first-order chi connectivity index (χ1) is 2.64. The monoisotopic (exact) mass is 228 g/mol. The number of hydrogen-bond donors (Lipinski definition) is 2. The number of carboxylic acid groups (broad SMARTS) is 1. The fourth-order valence-electron chi connectivity index (χ4n) is 0. The van der Waals surface area contributed by atoms with E-state index >= 15 is 0 Å². The largest absolute Gasteiger partial charge is 0.480 e. The van der Waals surface area contributed by atoms with Gasteiger partial charge in [-0.15, -0.1) is 0 Å². The van der Waals surface area contributed by atoms with Crippen molar-refractivity contribution in [3.05, 3.63) is 0 Å². The van der Waals surface area contributed by atoms with E-state index in [0.717, 1.165) is 0 Å². The van der Waals surface area contributed by atoms with Gasteiger partial charge in [-0.1, -0.05) is 0 Å². The third kappa shape index (κ3) is 6.62. The van der Waals surface area contributed by atoms with Crippen LogP contribution in [-0.2, 0) is 4.79 Å². The van der Waals surface area contributed by atoms with Gasteiger partial charge in [-0.05, 0) is 6.92 Å². The van der Waals surface area contributed by atoms with Crippen LogP contribution in [0, 0.1) is 35.6 Å². The molecule has 0 aliphatic carbocycles. The van der Waals surface area contributed by atoms with Gasteiger partial charge in [0.1, 0.15) is 6.04 Å². The molecule has 0 amide bonds. The van der Waals surface area contributed by atoms with Crippen LogP contribution in [-0.4, -0.2) is 17.1 Å². The van der Waals surface area contributed by atoms with Crippen molar-refractivity contribution < 1.29 is 45.5 Å². The summed E-state index contributed by atoms with van der Waals surface area (Å²) in [6.45, 7) is 1.42. The fourth-order valence-corrected chi connectivity index (χ4v) is 0. The normalized spacial score (nSPS) is 11.7. The van der Waals surface area contributed by atoms with Crippen LogP contribution in [0.2, 0.25) is 0 Å². The summed E-state index contributed by atoms with van der Waals surface area (Å²) in [5.74, 6) is -0.963. The van der Waals surface area contributed by atoms with E-state index in [1.165, 1.54) is 6.92 Å². The van der Waals surface area contributed by atoms with Crippen molar-refractivity contribution in [1.29, 1.82) is 0 Å². The van der Waals surface area contributed by atoms with Crippen LogP contribution < -0.4 is 5.73 Å². The molecule has 0 saturated carbocycles. The van der Waals surface area contributed by atoms with Gasteiger partial charge in [0.15, 0.2) is 0 Å². The molecule has 0 aromatic carbocycles. The van der Waals surface area contributed by atoms with Gasteiger partial charge in [0, 0.05) is 35.6 Å². The molecule has 3 nitrogen and oxygen atoms in total. The van der Waals surface area contributed by atoms with Crippen molar-refractivity contribution in [2.24, 2.45) is 5.73 Å². The van der Waals surface area contributed by atoms with E-state index in [2.05, 4.69) is 0 Å². The van der Waals surface area contributed by atoms with E-state index in [-0.39, 0.29) is 35.6 Å². The van der Waals surface area contributed by atoms with Gasteiger partial charge < -0.3 is 10.8 Å². The zero-order chi connectivity index (χ0) is 5.15. The third-order valence-corrected chi connectivity index (χ3v) is 0.390. The van der Waals surface area contributed by atoms with Crippen LogP contribution in [0.15, 0.2) is 0 Å². The molecule has 0 heterocycles. The molecule has 0 aliphatic heterocycles. The molecule has 0 aromatic heterocycles. The molecule has 0 spiro atoms. The smallest absolute Gasteiger partial charge is 0.320 e. The summed E-state index contributed by atoms with van der Waals surface area (Å²) in [6.07, 6.45) is 0. The zero-order valence-electron chi connectivity index (χ0n) is 4.09. The van der Waals surface area contributed by atoms with Crippen LogP contribution in [0.4, 0.5) is 0 Å². The summed E-state index contributed by atoms with van der Waals surface area (Å²) in [5, 5.41) is 7.87. The summed E-state index contributed by atoms with van der Waals surface area (Å²) in [6, 6.07) is -0.731. The van der Waals surface area contributed by atoms with E-state index in [1.54, 1.807) is 0 Å². The molecular formula is C3H7LaNO2. The second-order valence-corrected chi connectivity index (χ2v) is 1.13. The predicted octanol–water partition coefficient (Wildman–Crippen LogP) is -0.582. The number of rotatable bonds is 1. The molecule has 39 valence electrons. The first-order valence-electron chi connectivity index (χ1n) is 1.63. The van der Waals surface area contributed by atoms with Crippen molar-refractivity contribution in [3.8, 4) is 0 Å². The SMILES string of the molecule is C[C@H](N)C(=O)O.[La]. The van der Waals surface area contributed by atoms with Crippen LogP contribution in [0.3, 0.4) is 0 Å². The molecule has 0 aromatic rings. The Bertz CT molecular complexity index is 64.0. The molecule has 1 atom stereocenters. The first-order valence-corrected chi connectivity index (χ1v) is 1.63. The van der Waals surface area contributed by atoms with Gasteiger partial charge in [0.25, 0.3) is 0 Å². The molecule has 3 N–H and O–H groups in total. The first kappa shape index (κ1) is 10.6. The number of nitrogens with two attached hydrogens (primary N) is 1. The molecule has 0 saturated heterocycles. The van der Waals surface area contributed by atoms with Crippen LogP contribution in [0.5, 0.6) is 0 Å². The molecule has 0 bridgehead atoms. The standard InChI is InChI=1S/C3H7NO2.La/c1-2(4)3(5)6;/h2H,4H2,1H3,(H,5,6);/t2-;/m0./s1. The minimum atomic E-state index is -0.963. The Balaban J connectivity index is 0. The quantitative estimate of drug-likeness (QED) is 0.630. The zero-order valence-corrected chi connectivity index (χ0v) is 7.71. The van der Waals surface area contributed by atoms with Crippen LogP contribution in [0.25, 0.3) is 0 Å². The number of hydrogen-bond acceptors (Lipinski definition) is 2. The Morgan fingerprint density at radius 3 is 2.00 bits per heavy atom. The maximum absolute atomic E-state index is 9.57. The van der Waals surface area contributed by atoms with E-state index in [1.807, 2.05) is 0 Å². The fraction of sp³-hybridized carbons (Fsp3) is 0.667. The Kier molecular flexibility index (Phi) is 7.22. The maximum Gasteiger partial charge on any atom is 0.320 e. The summed E-state index contributed by atoms with van der Waals surface area (Å²) < 4.78 is 0. The topological polar surface area (TPSA) is 63.3 Å².